The predicted octanol–water partition coefficient (Wildman–Crippen LogP) is 6.97. The minimum atomic E-state index is -2.95. The van der Waals surface area contributed by atoms with Crippen LogP contribution in [-0.2, 0) is 4.57 Å². The molecule has 0 aromatic heterocycles. The van der Waals surface area contributed by atoms with Crippen LogP contribution in [0.5, 0.6) is 0 Å². The van der Waals surface area contributed by atoms with Crippen molar-refractivity contribution in [1.29, 1.82) is 0 Å². The first-order valence-electron chi connectivity index (χ1n) is 9.29. The molecule has 0 saturated heterocycles. The van der Waals surface area contributed by atoms with E-state index in [4.69, 9.17) is 0 Å². The van der Waals surface area contributed by atoms with Gasteiger partial charge in [0.25, 0.3) is 7.14 Å². The Labute approximate surface area is 144 Å². The number of hydrogen-bond acceptors (Lipinski definition) is 1. The Morgan fingerprint density at radius 1 is 0.565 bits per heavy atom. The molecule has 0 spiro atoms. The molecule has 1 nitrogen and oxygen atoms in total. The van der Waals surface area contributed by atoms with E-state index < -0.39 is 7.14 Å². The zero-order chi connectivity index (χ0) is 17.2. The van der Waals surface area contributed by atoms with Crippen molar-refractivity contribution in [2.24, 2.45) is 0 Å². The first-order chi connectivity index (χ1) is 11.2. The van der Waals surface area contributed by atoms with Gasteiger partial charge in [-0.05, 0) is 36.2 Å². The maximum Gasteiger partial charge on any atom is 0.291 e. The van der Waals surface area contributed by atoms with E-state index in [-0.39, 0.29) is 0 Å². The lowest BCUT2D eigenvalue weighted by atomic mass is 10.2. The van der Waals surface area contributed by atoms with Crippen LogP contribution in [0.1, 0.15) is 97.8 Å². The Hall–Kier alpha value is -1.09. The van der Waals surface area contributed by atoms with Crippen LogP contribution in [0.4, 0.5) is 0 Å². The molecule has 23 heavy (non-hydrogen) atoms. The van der Waals surface area contributed by atoms with Crippen LogP contribution in [0.25, 0.3) is 0 Å². The van der Waals surface area contributed by atoms with E-state index >= 15 is 0 Å². The molecular weight excluding hydrogens is 299 g/mol. The lowest BCUT2D eigenvalue weighted by molar-refractivity contribution is 0.594. The molecule has 0 aliphatic rings. The van der Waals surface area contributed by atoms with Crippen molar-refractivity contribution in [1.82, 2.24) is 0 Å². The lowest BCUT2D eigenvalue weighted by Gasteiger charge is -1.95. The van der Waals surface area contributed by atoms with E-state index in [2.05, 4.69) is 55.5 Å². The van der Waals surface area contributed by atoms with E-state index in [1.165, 1.54) is 38.5 Å². The van der Waals surface area contributed by atoms with Gasteiger partial charge in [0.15, 0.2) is 0 Å². The summed E-state index contributed by atoms with van der Waals surface area (Å²) in [6.07, 6.45) is 12.6. The van der Waals surface area contributed by atoms with Crippen molar-refractivity contribution in [3.63, 3.8) is 0 Å². The van der Waals surface area contributed by atoms with Gasteiger partial charge in [-0.15, -0.1) is 0 Å². The summed E-state index contributed by atoms with van der Waals surface area (Å²) >= 11 is 0. The van der Waals surface area contributed by atoms with Crippen LogP contribution in [-0.4, -0.2) is 0 Å². The molecule has 2 heteroatoms. The second-order valence-electron chi connectivity index (χ2n) is 5.85. The minimum absolute atomic E-state index is 0.798. The van der Waals surface area contributed by atoms with Gasteiger partial charge in [-0.2, -0.15) is 0 Å². The summed E-state index contributed by atoms with van der Waals surface area (Å²) in [7, 11) is -2.95. The van der Waals surface area contributed by atoms with Gasteiger partial charge in [0.1, 0.15) is 0 Å². The number of unbranched alkanes of at least 4 members (excludes halogenated alkanes) is 9. The topological polar surface area (TPSA) is 17.1 Å². The average molecular weight is 332 g/mol. The second-order valence-corrected chi connectivity index (χ2v) is 7.74. The van der Waals surface area contributed by atoms with Crippen molar-refractivity contribution in [2.45, 2.75) is 97.8 Å². The number of rotatable bonds is 9. The largest absolute Gasteiger partial charge is 0.291 e. The van der Waals surface area contributed by atoms with Gasteiger partial charge >= 0.3 is 0 Å². The lowest BCUT2D eigenvalue weighted by Crippen LogP contribution is -1.76. The van der Waals surface area contributed by atoms with Gasteiger partial charge in [-0.25, -0.2) is 0 Å². The Morgan fingerprint density at radius 3 is 1.13 bits per heavy atom. The summed E-state index contributed by atoms with van der Waals surface area (Å²) in [5, 5.41) is 0. The first kappa shape index (κ1) is 21.9. The fraction of sp³-hybridized carbons (Fsp3) is 0.714. The maximum absolute atomic E-state index is 12.8. The quantitative estimate of drug-likeness (QED) is 0.253. The molecule has 0 N–H and O–H groups in total. The molecule has 0 atom stereocenters. The zero-order valence-electron chi connectivity index (χ0n) is 15.3. The SMILES string of the molecule is CCCCCC#CP(=O)(C#CCCCCC)C#CCCCCC. The minimum Gasteiger partial charge on any atom is -0.282 e. The van der Waals surface area contributed by atoms with Gasteiger partial charge in [0.05, 0.1) is 0 Å². The van der Waals surface area contributed by atoms with E-state index in [1.807, 2.05) is 0 Å². The summed E-state index contributed by atoms with van der Waals surface area (Å²) in [5.41, 5.74) is 8.69. The van der Waals surface area contributed by atoms with Gasteiger partial charge in [0.2, 0.25) is 0 Å². The van der Waals surface area contributed by atoms with E-state index in [0.717, 1.165) is 38.5 Å². The van der Waals surface area contributed by atoms with Crippen molar-refractivity contribution >= 4 is 7.14 Å². The van der Waals surface area contributed by atoms with Gasteiger partial charge in [-0.3, -0.25) is 4.57 Å². The summed E-state index contributed by atoms with van der Waals surface area (Å²) in [6.45, 7) is 6.51. The maximum atomic E-state index is 12.8. The van der Waals surface area contributed by atoms with E-state index in [9.17, 15) is 4.57 Å². The second kappa shape index (κ2) is 15.8. The monoisotopic (exact) mass is 332 g/mol. The number of hydrogen-bond donors (Lipinski definition) is 0. The molecule has 128 valence electrons. The van der Waals surface area contributed by atoms with Crippen LogP contribution in [0, 0.1) is 34.7 Å². The molecule has 0 aliphatic carbocycles. The summed E-state index contributed by atoms with van der Waals surface area (Å²) in [4.78, 5) is 0. The molecule has 0 aromatic rings. The third-order valence-corrected chi connectivity index (χ3v) is 4.84. The predicted molar refractivity (Wildman–Crippen MR) is 103 cm³/mol. The van der Waals surface area contributed by atoms with Crippen molar-refractivity contribution in [3.05, 3.63) is 0 Å². The summed E-state index contributed by atoms with van der Waals surface area (Å²) in [6, 6.07) is 0. The Kier molecular flexibility index (Phi) is 15.0. The first-order valence-corrected chi connectivity index (χ1v) is 11.0. The fourth-order valence-corrected chi connectivity index (χ4v) is 3.15. The molecule has 0 unspecified atom stereocenters. The molecule has 0 radical (unpaired) electrons. The molecule has 0 saturated carbocycles. The normalized spacial score (nSPS) is 9.87. The highest BCUT2D eigenvalue weighted by atomic mass is 31.2. The molecule has 0 bridgehead atoms. The zero-order valence-corrected chi connectivity index (χ0v) is 16.2. The Bertz CT molecular complexity index is 437. The summed E-state index contributed by atoms with van der Waals surface area (Å²) in [5.74, 6) is 9.14. The molecule has 0 rings (SSSR count). The highest BCUT2D eigenvalue weighted by Gasteiger charge is 2.10. The van der Waals surface area contributed by atoms with Crippen LogP contribution < -0.4 is 0 Å². The van der Waals surface area contributed by atoms with Crippen LogP contribution >= 0.6 is 7.14 Å². The third kappa shape index (κ3) is 14.2. The van der Waals surface area contributed by atoms with Crippen molar-refractivity contribution in [2.75, 3.05) is 0 Å². The Morgan fingerprint density at radius 2 is 0.870 bits per heavy atom. The molecule has 0 aromatic carbocycles. The molecular formula is C21H33OP. The van der Waals surface area contributed by atoms with Crippen LogP contribution in [0.2, 0.25) is 0 Å². The van der Waals surface area contributed by atoms with Crippen LogP contribution in [0.3, 0.4) is 0 Å². The molecule has 0 amide bonds. The van der Waals surface area contributed by atoms with Crippen molar-refractivity contribution in [3.8, 4) is 34.7 Å². The molecule has 0 heterocycles. The van der Waals surface area contributed by atoms with E-state index in [1.54, 1.807) is 0 Å². The molecule has 0 aliphatic heterocycles. The van der Waals surface area contributed by atoms with Gasteiger partial charge < -0.3 is 0 Å². The highest BCUT2D eigenvalue weighted by molar-refractivity contribution is 7.78. The van der Waals surface area contributed by atoms with Crippen molar-refractivity contribution < 1.29 is 4.57 Å². The van der Waals surface area contributed by atoms with Gasteiger partial charge in [-0.1, -0.05) is 77.1 Å². The molecule has 0 fully saturated rings. The van der Waals surface area contributed by atoms with Crippen LogP contribution in [0.15, 0.2) is 0 Å². The summed E-state index contributed by atoms with van der Waals surface area (Å²) < 4.78 is 12.8. The third-order valence-electron chi connectivity index (χ3n) is 3.43. The average Bonchev–Trinajstić information content (AvgIpc) is 2.54. The smallest absolute Gasteiger partial charge is 0.282 e. The van der Waals surface area contributed by atoms with E-state index in [0.29, 0.717) is 0 Å². The van der Waals surface area contributed by atoms with Gasteiger partial charge in [0, 0.05) is 19.3 Å². The Balaban J connectivity index is 4.71. The standard InChI is InChI=1S/C21H33OP/c1-4-7-10-13-16-19-23(22,20-17-14-11-8-5-2)21-18-15-12-9-6-3/h4-15H2,1-3H3. The fourth-order valence-electron chi connectivity index (χ4n) is 1.98. The highest BCUT2D eigenvalue weighted by Crippen LogP contribution is 2.41.